The van der Waals surface area contributed by atoms with Gasteiger partial charge < -0.3 is 9.05 Å². The fourth-order valence-corrected chi connectivity index (χ4v) is 1.27. The molecule has 0 aromatic rings. The van der Waals surface area contributed by atoms with Crippen LogP contribution in [-0.4, -0.2) is 12.8 Å². The van der Waals surface area contributed by atoms with Gasteiger partial charge in [-0.05, 0) is 6.92 Å². The SMILES string of the molecule is C=COP(CC)OCC. The first-order valence-corrected chi connectivity index (χ1v) is 4.39. The quantitative estimate of drug-likeness (QED) is 0.440. The molecule has 0 bridgehead atoms. The minimum absolute atomic E-state index is 0.677. The van der Waals surface area contributed by atoms with E-state index in [0.29, 0.717) is 6.61 Å². The lowest BCUT2D eigenvalue weighted by atomic mass is 10.9. The first-order chi connectivity index (χ1) is 4.35. The normalized spacial score (nSPS) is 12.7. The van der Waals surface area contributed by atoms with E-state index in [9.17, 15) is 0 Å². The summed E-state index contributed by atoms with van der Waals surface area (Å²) in [6, 6.07) is 0. The molecule has 0 aliphatic carbocycles. The highest BCUT2D eigenvalue weighted by Gasteiger charge is 2.02. The van der Waals surface area contributed by atoms with E-state index in [4.69, 9.17) is 9.05 Å². The molecule has 0 N–H and O–H groups in total. The lowest BCUT2D eigenvalue weighted by molar-refractivity contribution is 0.318. The van der Waals surface area contributed by atoms with Crippen LogP contribution in [0.5, 0.6) is 0 Å². The van der Waals surface area contributed by atoms with Crippen LogP contribution in [0.1, 0.15) is 13.8 Å². The molecule has 0 aliphatic rings. The molecule has 9 heavy (non-hydrogen) atoms. The van der Waals surface area contributed by atoms with Crippen LogP contribution in [0.25, 0.3) is 0 Å². The van der Waals surface area contributed by atoms with E-state index in [0.717, 1.165) is 6.16 Å². The van der Waals surface area contributed by atoms with Crippen molar-refractivity contribution in [3.8, 4) is 0 Å². The summed E-state index contributed by atoms with van der Waals surface area (Å²) in [5.41, 5.74) is 0. The summed E-state index contributed by atoms with van der Waals surface area (Å²) in [6.45, 7) is 8.15. The van der Waals surface area contributed by atoms with Crippen molar-refractivity contribution < 1.29 is 9.05 Å². The molecule has 0 aromatic heterocycles. The molecular weight excluding hydrogens is 135 g/mol. The highest BCUT2D eigenvalue weighted by Crippen LogP contribution is 2.37. The molecule has 54 valence electrons. The fourth-order valence-electron chi connectivity index (χ4n) is 0.423. The third-order valence-electron chi connectivity index (χ3n) is 0.723. The second-order valence-electron chi connectivity index (χ2n) is 1.34. The van der Waals surface area contributed by atoms with Crippen molar-refractivity contribution >= 4 is 8.38 Å². The molecular formula is C6H13O2P. The average molecular weight is 148 g/mol. The van der Waals surface area contributed by atoms with Crippen LogP contribution >= 0.6 is 8.38 Å². The average Bonchev–Trinajstić information content (AvgIpc) is 1.88. The molecule has 0 rings (SSSR count). The Morgan fingerprint density at radius 2 is 2.22 bits per heavy atom. The van der Waals surface area contributed by atoms with Gasteiger partial charge in [-0.1, -0.05) is 13.5 Å². The molecule has 3 heteroatoms. The topological polar surface area (TPSA) is 18.5 Å². The largest absolute Gasteiger partial charge is 0.456 e. The Morgan fingerprint density at radius 3 is 2.56 bits per heavy atom. The van der Waals surface area contributed by atoms with Crippen molar-refractivity contribution in [3.05, 3.63) is 12.8 Å². The van der Waals surface area contributed by atoms with Crippen molar-refractivity contribution in [2.75, 3.05) is 12.8 Å². The van der Waals surface area contributed by atoms with Crippen LogP contribution in [0.15, 0.2) is 12.8 Å². The molecule has 0 aromatic carbocycles. The smallest absolute Gasteiger partial charge is 0.228 e. The molecule has 1 atom stereocenters. The summed E-state index contributed by atoms with van der Waals surface area (Å²) in [4.78, 5) is 0. The van der Waals surface area contributed by atoms with Gasteiger partial charge in [0, 0.05) is 6.16 Å². The second-order valence-corrected chi connectivity index (χ2v) is 3.11. The van der Waals surface area contributed by atoms with Gasteiger partial charge in [-0.25, -0.2) is 0 Å². The maximum atomic E-state index is 5.20. The van der Waals surface area contributed by atoms with Crippen LogP contribution in [0.3, 0.4) is 0 Å². The number of rotatable bonds is 5. The van der Waals surface area contributed by atoms with E-state index in [1.807, 2.05) is 13.8 Å². The Balaban J connectivity index is 3.28. The first-order valence-electron chi connectivity index (χ1n) is 3.03. The van der Waals surface area contributed by atoms with Crippen LogP contribution < -0.4 is 0 Å². The zero-order valence-corrected chi connectivity index (χ0v) is 6.86. The lowest BCUT2D eigenvalue weighted by Crippen LogP contribution is -1.87. The van der Waals surface area contributed by atoms with E-state index in [-0.39, 0.29) is 0 Å². The predicted octanol–water partition coefficient (Wildman–Crippen LogP) is 2.51. The van der Waals surface area contributed by atoms with Gasteiger partial charge >= 0.3 is 0 Å². The van der Waals surface area contributed by atoms with E-state index >= 15 is 0 Å². The van der Waals surface area contributed by atoms with Crippen molar-refractivity contribution in [3.63, 3.8) is 0 Å². The standard InChI is InChI=1S/C6H13O2P/c1-4-7-9(6-3)8-5-2/h4H,1,5-6H2,2-3H3. The zero-order valence-electron chi connectivity index (χ0n) is 5.96. The monoisotopic (exact) mass is 148 g/mol. The Bertz CT molecular complexity index is 75.5. The fraction of sp³-hybridized carbons (Fsp3) is 0.667. The third-order valence-corrected chi connectivity index (χ3v) is 2.17. The predicted molar refractivity (Wildman–Crippen MR) is 40.4 cm³/mol. The Kier molecular flexibility index (Phi) is 6.01. The Hall–Kier alpha value is -0.0700. The van der Waals surface area contributed by atoms with Crippen molar-refractivity contribution in [1.82, 2.24) is 0 Å². The van der Waals surface area contributed by atoms with Crippen molar-refractivity contribution in [2.45, 2.75) is 13.8 Å². The van der Waals surface area contributed by atoms with E-state index in [1.165, 1.54) is 6.26 Å². The molecule has 1 unspecified atom stereocenters. The molecule has 0 fully saturated rings. The second kappa shape index (κ2) is 6.06. The summed E-state index contributed by atoms with van der Waals surface area (Å²) in [5, 5.41) is 0. The summed E-state index contributed by atoms with van der Waals surface area (Å²) in [7, 11) is -0.677. The van der Waals surface area contributed by atoms with Crippen LogP contribution in [-0.2, 0) is 9.05 Å². The number of hydrogen-bond acceptors (Lipinski definition) is 2. The number of hydrogen-bond donors (Lipinski definition) is 0. The molecule has 2 nitrogen and oxygen atoms in total. The van der Waals surface area contributed by atoms with Crippen LogP contribution in [0.2, 0.25) is 0 Å². The molecule has 0 heterocycles. The van der Waals surface area contributed by atoms with Gasteiger partial charge in [-0.3, -0.25) is 0 Å². The minimum Gasteiger partial charge on any atom is -0.456 e. The minimum atomic E-state index is -0.677. The van der Waals surface area contributed by atoms with E-state index in [1.54, 1.807) is 0 Å². The van der Waals surface area contributed by atoms with Crippen LogP contribution in [0, 0.1) is 0 Å². The molecule has 0 spiro atoms. The van der Waals surface area contributed by atoms with Gasteiger partial charge in [-0.15, -0.1) is 0 Å². The summed E-state index contributed by atoms with van der Waals surface area (Å²) >= 11 is 0. The summed E-state index contributed by atoms with van der Waals surface area (Å²) in [6.07, 6.45) is 2.36. The summed E-state index contributed by atoms with van der Waals surface area (Å²) in [5.74, 6) is 0. The first kappa shape index (κ1) is 8.93. The van der Waals surface area contributed by atoms with Gasteiger partial charge in [0.1, 0.15) is 0 Å². The van der Waals surface area contributed by atoms with Gasteiger partial charge in [0.15, 0.2) is 0 Å². The molecule has 0 saturated heterocycles. The zero-order chi connectivity index (χ0) is 7.11. The highest BCUT2D eigenvalue weighted by atomic mass is 31.2. The summed E-state index contributed by atoms with van der Waals surface area (Å²) < 4.78 is 10.2. The van der Waals surface area contributed by atoms with Crippen molar-refractivity contribution in [2.24, 2.45) is 0 Å². The molecule has 0 radical (unpaired) electrons. The van der Waals surface area contributed by atoms with Gasteiger partial charge in [0.05, 0.1) is 12.9 Å². The van der Waals surface area contributed by atoms with E-state index < -0.39 is 8.38 Å². The Labute approximate surface area is 57.8 Å². The maximum absolute atomic E-state index is 5.20. The third kappa shape index (κ3) is 4.43. The Morgan fingerprint density at radius 1 is 1.56 bits per heavy atom. The van der Waals surface area contributed by atoms with Gasteiger partial charge in [0.25, 0.3) is 0 Å². The van der Waals surface area contributed by atoms with Crippen LogP contribution in [0.4, 0.5) is 0 Å². The van der Waals surface area contributed by atoms with E-state index in [2.05, 4.69) is 6.58 Å². The molecule has 0 saturated carbocycles. The lowest BCUT2D eigenvalue weighted by Gasteiger charge is -2.10. The maximum Gasteiger partial charge on any atom is 0.228 e. The molecule has 0 amide bonds. The molecule has 0 aliphatic heterocycles. The van der Waals surface area contributed by atoms with Crippen molar-refractivity contribution in [1.29, 1.82) is 0 Å². The van der Waals surface area contributed by atoms with Gasteiger partial charge in [0.2, 0.25) is 8.38 Å². The highest BCUT2D eigenvalue weighted by molar-refractivity contribution is 7.47. The van der Waals surface area contributed by atoms with Gasteiger partial charge in [-0.2, -0.15) is 0 Å².